The summed E-state index contributed by atoms with van der Waals surface area (Å²) in [6.07, 6.45) is 5.39. The van der Waals surface area contributed by atoms with Gasteiger partial charge in [-0.1, -0.05) is 22.9 Å². The molecule has 0 aliphatic carbocycles. The van der Waals surface area contributed by atoms with Gasteiger partial charge in [0, 0.05) is 22.6 Å². The number of carbonyl (C=O) groups is 2. The third-order valence-electron chi connectivity index (χ3n) is 5.71. The number of hydrogen-bond acceptors (Lipinski definition) is 5. The standard InChI is InChI=1S/C19H29BrN2O.C2H2O4/c1-15-5-11-22(12-6-15)18-7-9-21(10-8-18)14-16-13-17(20)3-4-19(16)23-2;3-1(4)2(5)6/h3-4,13,15,18H,5-12,14H2,1-2H3;(H,3,4)(H,5,6). The van der Waals surface area contributed by atoms with E-state index >= 15 is 0 Å². The van der Waals surface area contributed by atoms with Gasteiger partial charge in [0.25, 0.3) is 0 Å². The Balaban J connectivity index is 0.000000438. The zero-order valence-corrected chi connectivity index (χ0v) is 18.7. The zero-order chi connectivity index (χ0) is 21.4. The molecule has 3 rings (SSSR count). The summed E-state index contributed by atoms with van der Waals surface area (Å²) in [6.45, 7) is 8.41. The van der Waals surface area contributed by atoms with Crippen LogP contribution in [0.25, 0.3) is 0 Å². The molecule has 0 bridgehead atoms. The van der Waals surface area contributed by atoms with Crippen LogP contribution in [0.3, 0.4) is 0 Å². The highest BCUT2D eigenvalue weighted by atomic mass is 79.9. The van der Waals surface area contributed by atoms with Crippen LogP contribution in [0.15, 0.2) is 22.7 Å². The number of halogens is 1. The maximum atomic E-state index is 9.10. The molecule has 0 saturated carbocycles. The minimum absolute atomic E-state index is 0.808. The molecule has 8 heteroatoms. The Bertz CT molecular complexity index is 672. The second-order valence-corrected chi connectivity index (χ2v) is 8.71. The molecular weight excluding hydrogens is 440 g/mol. The van der Waals surface area contributed by atoms with Crippen molar-refractivity contribution in [2.24, 2.45) is 5.92 Å². The molecule has 2 heterocycles. The van der Waals surface area contributed by atoms with Crippen molar-refractivity contribution in [1.29, 1.82) is 0 Å². The monoisotopic (exact) mass is 470 g/mol. The smallest absolute Gasteiger partial charge is 0.414 e. The van der Waals surface area contributed by atoms with Gasteiger partial charge in [0.1, 0.15) is 5.75 Å². The van der Waals surface area contributed by atoms with E-state index in [0.29, 0.717) is 0 Å². The van der Waals surface area contributed by atoms with Gasteiger partial charge in [-0.05, 0) is 76.0 Å². The summed E-state index contributed by atoms with van der Waals surface area (Å²) < 4.78 is 6.64. The molecule has 0 spiro atoms. The van der Waals surface area contributed by atoms with Crippen molar-refractivity contribution in [3.8, 4) is 5.75 Å². The maximum absolute atomic E-state index is 9.10. The summed E-state index contributed by atoms with van der Waals surface area (Å²) in [5.41, 5.74) is 1.28. The van der Waals surface area contributed by atoms with E-state index in [1.165, 1.54) is 57.4 Å². The largest absolute Gasteiger partial charge is 0.496 e. The normalized spacial score (nSPS) is 19.3. The minimum atomic E-state index is -1.82. The van der Waals surface area contributed by atoms with Gasteiger partial charge in [-0.15, -0.1) is 0 Å². The summed E-state index contributed by atoms with van der Waals surface area (Å²) >= 11 is 3.58. The van der Waals surface area contributed by atoms with E-state index < -0.39 is 11.9 Å². The highest BCUT2D eigenvalue weighted by Crippen LogP contribution is 2.27. The van der Waals surface area contributed by atoms with Crippen molar-refractivity contribution < 1.29 is 24.5 Å². The van der Waals surface area contributed by atoms with E-state index in [2.05, 4.69) is 44.8 Å². The molecule has 0 atom stereocenters. The lowest BCUT2D eigenvalue weighted by Crippen LogP contribution is -2.47. The Morgan fingerprint density at radius 3 is 2.17 bits per heavy atom. The molecule has 2 fully saturated rings. The molecule has 7 nitrogen and oxygen atoms in total. The van der Waals surface area contributed by atoms with E-state index in [4.69, 9.17) is 24.5 Å². The van der Waals surface area contributed by atoms with Crippen molar-refractivity contribution in [2.75, 3.05) is 33.3 Å². The SMILES string of the molecule is COc1ccc(Br)cc1CN1CCC(N2CCC(C)CC2)CC1.O=C(O)C(=O)O. The quantitative estimate of drug-likeness (QED) is 0.652. The predicted molar refractivity (Wildman–Crippen MR) is 114 cm³/mol. The van der Waals surface area contributed by atoms with Crippen LogP contribution in [0.1, 0.15) is 38.2 Å². The van der Waals surface area contributed by atoms with Crippen LogP contribution in [-0.4, -0.2) is 71.3 Å². The number of nitrogens with zero attached hydrogens (tertiary/aromatic N) is 2. The summed E-state index contributed by atoms with van der Waals surface area (Å²) in [5, 5.41) is 14.8. The number of ether oxygens (including phenoxy) is 1. The Hall–Kier alpha value is -1.64. The molecule has 1 aromatic rings. The highest BCUT2D eigenvalue weighted by molar-refractivity contribution is 9.10. The second-order valence-electron chi connectivity index (χ2n) is 7.79. The highest BCUT2D eigenvalue weighted by Gasteiger charge is 2.27. The van der Waals surface area contributed by atoms with E-state index in [-0.39, 0.29) is 0 Å². The van der Waals surface area contributed by atoms with Crippen molar-refractivity contribution in [2.45, 2.75) is 45.2 Å². The average Bonchev–Trinajstić information content (AvgIpc) is 2.70. The van der Waals surface area contributed by atoms with Crippen LogP contribution in [0.2, 0.25) is 0 Å². The number of methoxy groups -OCH3 is 1. The van der Waals surface area contributed by atoms with Gasteiger partial charge in [0.2, 0.25) is 0 Å². The fourth-order valence-electron chi connectivity index (χ4n) is 3.95. The number of piperidine rings is 2. The van der Waals surface area contributed by atoms with Gasteiger partial charge in [-0.25, -0.2) is 9.59 Å². The molecule has 0 unspecified atom stereocenters. The van der Waals surface area contributed by atoms with Crippen molar-refractivity contribution in [3.63, 3.8) is 0 Å². The Morgan fingerprint density at radius 1 is 1.07 bits per heavy atom. The molecular formula is C21H31BrN2O5. The van der Waals surface area contributed by atoms with E-state index in [0.717, 1.165) is 28.7 Å². The molecule has 2 saturated heterocycles. The lowest BCUT2D eigenvalue weighted by Gasteiger charge is -2.41. The fraction of sp³-hybridized carbons (Fsp3) is 0.619. The maximum Gasteiger partial charge on any atom is 0.414 e. The Kier molecular flexibility index (Phi) is 9.39. The lowest BCUT2D eigenvalue weighted by atomic mass is 9.95. The molecule has 0 radical (unpaired) electrons. The van der Waals surface area contributed by atoms with Crippen LogP contribution < -0.4 is 4.74 Å². The first kappa shape index (κ1) is 23.6. The van der Waals surface area contributed by atoms with Gasteiger partial charge in [0.05, 0.1) is 7.11 Å². The second kappa shape index (κ2) is 11.5. The molecule has 2 N–H and O–H groups in total. The number of carboxylic acids is 2. The lowest BCUT2D eigenvalue weighted by molar-refractivity contribution is -0.159. The average molecular weight is 471 g/mol. The summed E-state index contributed by atoms with van der Waals surface area (Å²) in [7, 11) is 1.76. The number of hydrogen-bond donors (Lipinski definition) is 2. The van der Waals surface area contributed by atoms with Crippen molar-refractivity contribution >= 4 is 27.9 Å². The molecule has 2 aliphatic heterocycles. The molecule has 0 aromatic heterocycles. The third-order valence-corrected chi connectivity index (χ3v) is 6.20. The number of carboxylic acid groups (broad SMARTS) is 2. The van der Waals surface area contributed by atoms with Gasteiger partial charge in [-0.2, -0.15) is 0 Å². The van der Waals surface area contributed by atoms with E-state index in [9.17, 15) is 0 Å². The van der Waals surface area contributed by atoms with Gasteiger partial charge in [0.15, 0.2) is 0 Å². The summed E-state index contributed by atoms with van der Waals surface area (Å²) in [5.74, 6) is -1.72. The molecule has 2 aliphatic rings. The number of aliphatic carboxylic acids is 2. The first-order valence-electron chi connectivity index (χ1n) is 10.0. The number of rotatable bonds is 4. The van der Waals surface area contributed by atoms with Crippen LogP contribution in [0, 0.1) is 5.92 Å². The zero-order valence-electron chi connectivity index (χ0n) is 17.1. The first-order valence-corrected chi connectivity index (χ1v) is 10.8. The van der Waals surface area contributed by atoms with Crippen LogP contribution in [0.5, 0.6) is 5.75 Å². The molecule has 1 aromatic carbocycles. The first-order chi connectivity index (χ1) is 13.8. The van der Waals surface area contributed by atoms with Gasteiger partial charge < -0.3 is 19.8 Å². The van der Waals surface area contributed by atoms with Gasteiger partial charge in [-0.3, -0.25) is 4.90 Å². The van der Waals surface area contributed by atoms with Crippen molar-refractivity contribution in [1.82, 2.24) is 9.80 Å². The van der Waals surface area contributed by atoms with Crippen LogP contribution in [-0.2, 0) is 16.1 Å². The predicted octanol–water partition coefficient (Wildman–Crippen LogP) is 3.31. The Morgan fingerprint density at radius 2 is 1.66 bits per heavy atom. The molecule has 0 amide bonds. The van der Waals surface area contributed by atoms with Crippen LogP contribution >= 0.6 is 15.9 Å². The van der Waals surface area contributed by atoms with Gasteiger partial charge >= 0.3 is 11.9 Å². The van der Waals surface area contributed by atoms with Crippen LogP contribution in [0.4, 0.5) is 0 Å². The Labute approximate surface area is 180 Å². The van der Waals surface area contributed by atoms with E-state index in [1.807, 2.05) is 6.07 Å². The molecule has 29 heavy (non-hydrogen) atoms. The minimum Gasteiger partial charge on any atom is -0.496 e. The number of benzene rings is 1. The van der Waals surface area contributed by atoms with Crippen molar-refractivity contribution in [3.05, 3.63) is 28.2 Å². The summed E-state index contributed by atoms with van der Waals surface area (Å²) in [6, 6.07) is 7.10. The topological polar surface area (TPSA) is 90.3 Å². The third kappa shape index (κ3) is 7.60. The summed E-state index contributed by atoms with van der Waals surface area (Å²) in [4.78, 5) is 23.5. The number of likely N-dealkylation sites (tertiary alicyclic amines) is 2. The van der Waals surface area contributed by atoms with E-state index in [1.54, 1.807) is 7.11 Å². The molecule has 162 valence electrons. The fourth-order valence-corrected chi connectivity index (χ4v) is 4.36.